The number of nitrogens with zero attached hydrogens (tertiary/aromatic N) is 2. The van der Waals surface area contributed by atoms with Crippen LogP contribution in [-0.4, -0.2) is 28.2 Å². The van der Waals surface area contributed by atoms with Gasteiger partial charge in [-0.1, -0.05) is 42.5 Å². The molecule has 0 fully saturated rings. The van der Waals surface area contributed by atoms with Crippen LogP contribution in [-0.2, 0) is 0 Å². The van der Waals surface area contributed by atoms with Gasteiger partial charge in [0, 0.05) is 39.6 Å². The summed E-state index contributed by atoms with van der Waals surface area (Å²) in [5.74, 6) is 0. The topological polar surface area (TPSA) is 6.48 Å². The molecule has 0 aliphatic carbocycles. The first-order valence-corrected chi connectivity index (χ1v) is 8.20. The number of anilines is 2. The minimum absolute atomic E-state index is 1.22. The molecule has 24 heavy (non-hydrogen) atoms. The van der Waals surface area contributed by atoms with Crippen LogP contribution in [0.5, 0.6) is 0 Å². The van der Waals surface area contributed by atoms with E-state index in [9.17, 15) is 0 Å². The molecule has 0 amide bonds. The van der Waals surface area contributed by atoms with Gasteiger partial charge in [0.05, 0.1) is 0 Å². The van der Waals surface area contributed by atoms with Gasteiger partial charge in [0.15, 0.2) is 0 Å². The van der Waals surface area contributed by atoms with Crippen molar-refractivity contribution in [3.05, 3.63) is 72.8 Å². The summed E-state index contributed by atoms with van der Waals surface area (Å²) in [7, 11) is 8.27. The Labute approximate surface area is 145 Å². The largest absolute Gasteiger partial charge is 0.378 e. The van der Waals surface area contributed by atoms with E-state index >= 15 is 0 Å². The van der Waals surface area contributed by atoms with E-state index in [1.54, 1.807) is 0 Å². The van der Waals surface area contributed by atoms with Gasteiger partial charge < -0.3 is 9.80 Å². The Morgan fingerprint density at radius 3 is 1.54 bits per heavy atom. The fourth-order valence-electron chi connectivity index (χ4n) is 2.79. The standard InChI is InChI=1S/C22H24N2/c1-23(2)21-13-11-17(12-14-21)18-7-5-8-19(15-18)20-9-6-10-22(16-20)24(3)4/h5-16H,1-4H3. The summed E-state index contributed by atoms with van der Waals surface area (Å²) in [5.41, 5.74) is 7.40. The molecule has 3 aromatic carbocycles. The van der Waals surface area contributed by atoms with Gasteiger partial charge in [-0.3, -0.25) is 0 Å². The number of rotatable bonds is 4. The summed E-state index contributed by atoms with van der Waals surface area (Å²) in [6.07, 6.45) is 0. The van der Waals surface area contributed by atoms with Crippen LogP contribution in [0.25, 0.3) is 22.3 Å². The van der Waals surface area contributed by atoms with Gasteiger partial charge in [-0.25, -0.2) is 0 Å². The summed E-state index contributed by atoms with van der Waals surface area (Å²) in [6.45, 7) is 0. The molecule has 2 heteroatoms. The second kappa shape index (κ2) is 6.79. The lowest BCUT2D eigenvalue weighted by molar-refractivity contribution is 1.13. The van der Waals surface area contributed by atoms with Gasteiger partial charge >= 0.3 is 0 Å². The molecule has 0 N–H and O–H groups in total. The molecule has 0 radical (unpaired) electrons. The zero-order chi connectivity index (χ0) is 17.1. The quantitative estimate of drug-likeness (QED) is 0.656. The van der Waals surface area contributed by atoms with Crippen molar-refractivity contribution >= 4 is 11.4 Å². The van der Waals surface area contributed by atoms with Crippen molar-refractivity contribution in [1.82, 2.24) is 0 Å². The van der Waals surface area contributed by atoms with Crippen molar-refractivity contribution in [2.45, 2.75) is 0 Å². The van der Waals surface area contributed by atoms with E-state index < -0.39 is 0 Å². The predicted octanol–water partition coefficient (Wildman–Crippen LogP) is 5.15. The third-order valence-electron chi connectivity index (χ3n) is 4.28. The fraction of sp³-hybridized carbons (Fsp3) is 0.182. The monoisotopic (exact) mass is 316 g/mol. The van der Waals surface area contributed by atoms with E-state index in [1.165, 1.54) is 33.6 Å². The highest BCUT2D eigenvalue weighted by atomic mass is 15.1. The molecule has 0 atom stereocenters. The molecule has 3 aromatic rings. The summed E-state index contributed by atoms with van der Waals surface area (Å²) in [6, 6.07) is 26.1. The Kier molecular flexibility index (Phi) is 4.57. The van der Waals surface area contributed by atoms with Crippen LogP contribution in [0.15, 0.2) is 72.8 Å². The smallest absolute Gasteiger partial charge is 0.0367 e. The molecular formula is C22H24N2. The van der Waals surface area contributed by atoms with Gasteiger partial charge in [0.2, 0.25) is 0 Å². The summed E-state index contributed by atoms with van der Waals surface area (Å²) in [5, 5.41) is 0. The first kappa shape index (κ1) is 16.1. The molecule has 0 aliphatic rings. The minimum Gasteiger partial charge on any atom is -0.378 e. The lowest BCUT2D eigenvalue weighted by Crippen LogP contribution is -2.08. The number of hydrogen-bond acceptors (Lipinski definition) is 2. The first-order chi connectivity index (χ1) is 11.5. The maximum Gasteiger partial charge on any atom is 0.0367 e. The van der Waals surface area contributed by atoms with Crippen molar-refractivity contribution in [2.24, 2.45) is 0 Å². The number of benzene rings is 3. The lowest BCUT2D eigenvalue weighted by atomic mass is 9.98. The Morgan fingerprint density at radius 2 is 0.958 bits per heavy atom. The van der Waals surface area contributed by atoms with Gasteiger partial charge in [0.25, 0.3) is 0 Å². The molecule has 0 saturated carbocycles. The second-order valence-corrected chi connectivity index (χ2v) is 6.47. The highest BCUT2D eigenvalue weighted by Gasteiger charge is 2.04. The molecule has 0 heterocycles. The summed E-state index contributed by atoms with van der Waals surface area (Å²) in [4.78, 5) is 4.25. The predicted molar refractivity (Wildman–Crippen MR) is 106 cm³/mol. The van der Waals surface area contributed by atoms with Crippen LogP contribution in [0.4, 0.5) is 11.4 Å². The SMILES string of the molecule is CN(C)c1ccc(-c2cccc(-c3cccc(N(C)C)c3)c2)cc1. The van der Waals surface area contributed by atoms with Crippen LogP contribution >= 0.6 is 0 Å². The van der Waals surface area contributed by atoms with Gasteiger partial charge in [-0.15, -0.1) is 0 Å². The molecule has 0 saturated heterocycles. The van der Waals surface area contributed by atoms with Crippen LogP contribution in [0.3, 0.4) is 0 Å². The van der Waals surface area contributed by atoms with Crippen molar-refractivity contribution in [3.63, 3.8) is 0 Å². The summed E-state index contributed by atoms with van der Waals surface area (Å²) < 4.78 is 0. The van der Waals surface area contributed by atoms with E-state index in [0.717, 1.165) is 0 Å². The van der Waals surface area contributed by atoms with Crippen LogP contribution < -0.4 is 9.80 Å². The van der Waals surface area contributed by atoms with Crippen molar-refractivity contribution < 1.29 is 0 Å². The fourth-order valence-corrected chi connectivity index (χ4v) is 2.79. The Hall–Kier alpha value is -2.74. The highest BCUT2D eigenvalue weighted by molar-refractivity contribution is 5.75. The molecule has 0 bridgehead atoms. The molecule has 0 spiro atoms. The zero-order valence-corrected chi connectivity index (χ0v) is 14.8. The van der Waals surface area contributed by atoms with Gasteiger partial charge in [0.1, 0.15) is 0 Å². The van der Waals surface area contributed by atoms with Crippen LogP contribution in [0.1, 0.15) is 0 Å². The Morgan fingerprint density at radius 1 is 0.458 bits per heavy atom. The molecule has 0 aliphatic heterocycles. The maximum absolute atomic E-state index is 2.26. The molecule has 122 valence electrons. The zero-order valence-electron chi connectivity index (χ0n) is 14.8. The highest BCUT2D eigenvalue weighted by Crippen LogP contribution is 2.29. The van der Waals surface area contributed by atoms with Crippen LogP contribution in [0, 0.1) is 0 Å². The second-order valence-electron chi connectivity index (χ2n) is 6.47. The molecule has 2 nitrogen and oxygen atoms in total. The minimum atomic E-state index is 1.22. The maximum atomic E-state index is 2.26. The van der Waals surface area contributed by atoms with E-state index in [0.29, 0.717) is 0 Å². The molecule has 3 rings (SSSR count). The van der Waals surface area contributed by atoms with Gasteiger partial charge in [-0.2, -0.15) is 0 Å². The molecule has 0 aromatic heterocycles. The van der Waals surface area contributed by atoms with Crippen molar-refractivity contribution in [3.8, 4) is 22.3 Å². The third-order valence-corrected chi connectivity index (χ3v) is 4.28. The average molecular weight is 316 g/mol. The number of hydrogen-bond donors (Lipinski definition) is 0. The van der Waals surface area contributed by atoms with E-state index in [-0.39, 0.29) is 0 Å². The normalized spacial score (nSPS) is 10.5. The average Bonchev–Trinajstić information content (AvgIpc) is 2.62. The van der Waals surface area contributed by atoms with E-state index in [1.807, 2.05) is 0 Å². The first-order valence-electron chi connectivity index (χ1n) is 8.20. The third kappa shape index (κ3) is 3.43. The summed E-state index contributed by atoms with van der Waals surface area (Å²) >= 11 is 0. The Bertz CT molecular complexity index is 817. The van der Waals surface area contributed by atoms with E-state index in [2.05, 4.69) is 111 Å². The van der Waals surface area contributed by atoms with Crippen LogP contribution in [0.2, 0.25) is 0 Å². The van der Waals surface area contributed by atoms with Crippen molar-refractivity contribution in [2.75, 3.05) is 38.0 Å². The molecular weight excluding hydrogens is 292 g/mol. The lowest BCUT2D eigenvalue weighted by Gasteiger charge is -2.14. The van der Waals surface area contributed by atoms with E-state index in [4.69, 9.17) is 0 Å². The van der Waals surface area contributed by atoms with Crippen molar-refractivity contribution in [1.29, 1.82) is 0 Å². The molecule has 0 unspecified atom stereocenters. The Balaban J connectivity index is 1.96. The van der Waals surface area contributed by atoms with Gasteiger partial charge in [-0.05, 0) is 52.6 Å².